The SMILES string of the molecule is Cc1cccc(NC(=O)[C@H](C)N[C@@H](C)c2cccc(Cl)c2)c1. The average molecular weight is 317 g/mol. The molecule has 0 aliphatic carbocycles. The number of halogens is 1. The lowest BCUT2D eigenvalue weighted by Gasteiger charge is -2.20. The molecule has 0 heterocycles. The van der Waals surface area contributed by atoms with E-state index < -0.39 is 0 Å². The van der Waals surface area contributed by atoms with Gasteiger partial charge in [0, 0.05) is 16.8 Å². The van der Waals surface area contributed by atoms with Crippen molar-refractivity contribution in [3.8, 4) is 0 Å². The molecule has 0 radical (unpaired) electrons. The number of nitrogens with one attached hydrogen (secondary N) is 2. The summed E-state index contributed by atoms with van der Waals surface area (Å²) in [4.78, 5) is 12.3. The van der Waals surface area contributed by atoms with Crippen molar-refractivity contribution in [2.75, 3.05) is 5.32 Å². The van der Waals surface area contributed by atoms with Gasteiger partial charge >= 0.3 is 0 Å². The Labute approximate surface area is 136 Å². The van der Waals surface area contributed by atoms with E-state index in [2.05, 4.69) is 10.6 Å². The average Bonchev–Trinajstić information content (AvgIpc) is 2.47. The molecular weight excluding hydrogens is 296 g/mol. The Balaban J connectivity index is 1.96. The molecule has 2 aromatic carbocycles. The number of benzene rings is 2. The second-order valence-corrected chi connectivity index (χ2v) is 5.96. The Kier molecular flexibility index (Phi) is 5.58. The molecule has 0 saturated heterocycles. The summed E-state index contributed by atoms with van der Waals surface area (Å²) in [5.74, 6) is -0.0560. The fourth-order valence-electron chi connectivity index (χ4n) is 2.30. The first-order valence-corrected chi connectivity index (χ1v) is 7.72. The van der Waals surface area contributed by atoms with Crippen molar-refractivity contribution in [2.24, 2.45) is 0 Å². The van der Waals surface area contributed by atoms with E-state index in [9.17, 15) is 4.79 Å². The number of amides is 1. The molecule has 1 amide bonds. The fraction of sp³-hybridized carbons (Fsp3) is 0.278. The Hall–Kier alpha value is -1.84. The Morgan fingerprint density at radius 2 is 1.82 bits per heavy atom. The van der Waals surface area contributed by atoms with Crippen molar-refractivity contribution >= 4 is 23.2 Å². The van der Waals surface area contributed by atoms with Crippen molar-refractivity contribution in [1.82, 2.24) is 5.32 Å². The molecule has 2 N–H and O–H groups in total. The molecule has 0 spiro atoms. The van der Waals surface area contributed by atoms with Gasteiger partial charge in [-0.1, -0.05) is 35.9 Å². The van der Waals surface area contributed by atoms with Gasteiger partial charge in [-0.25, -0.2) is 0 Å². The predicted octanol–water partition coefficient (Wildman–Crippen LogP) is 4.33. The summed E-state index contributed by atoms with van der Waals surface area (Å²) in [7, 11) is 0. The van der Waals surface area contributed by atoms with Gasteiger partial charge in [0.2, 0.25) is 5.91 Å². The van der Waals surface area contributed by atoms with Crippen LogP contribution in [0.5, 0.6) is 0 Å². The van der Waals surface area contributed by atoms with E-state index in [1.54, 1.807) is 0 Å². The van der Waals surface area contributed by atoms with Crippen molar-refractivity contribution in [1.29, 1.82) is 0 Å². The Morgan fingerprint density at radius 1 is 1.09 bits per heavy atom. The molecular formula is C18H21ClN2O. The molecule has 0 aromatic heterocycles. The summed E-state index contributed by atoms with van der Waals surface area (Å²) in [6.07, 6.45) is 0. The summed E-state index contributed by atoms with van der Waals surface area (Å²) in [5, 5.41) is 6.91. The molecule has 4 heteroatoms. The number of hydrogen-bond acceptors (Lipinski definition) is 2. The molecule has 116 valence electrons. The number of anilines is 1. The molecule has 0 fully saturated rings. The maximum atomic E-state index is 12.3. The van der Waals surface area contributed by atoms with Crippen LogP contribution in [0, 0.1) is 6.92 Å². The molecule has 22 heavy (non-hydrogen) atoms. The first-order valence-electron chi connectivity index (χ1n) is 7.35. The van der Waals surface area contributed by atoms with E-state index in [4.69, 9.17) is 11.6 Å². The van der Waals surface area contributed by atoms with E-state index in [1.807, 2.05) is 69.3 Å². The molecule has 2 atom stereocenters. The summed E-state index contributed by atoms with van der Waals surface area (Å²) >= 11 is 6.00. The molecule has 0 aliphatic heterocycles. The third kappa shape index (κ3) is 4.58. The van der Waals surface area contributed by atoms with Crippen LogP contribution in [0.15, 0.2) is 48.5 Å². The van der Waals surface area contributed by atoms with Gasteiger partial charge in [-0.05, 0) is 56.2 Å². The summed E-state index contributed by atoms with van der Waals surface area (Å²) in [5.41, 5.74) is 2.99. The first kappa shape index (κ1) is 16.5. The summed E-state index contributed by atoms with van der Waals surface area (Å²) in [6.45, 7) is 5.87. The van der Waals surface area contributed by atoms with Gasteiger partial charge in [-0.15, -0.1) is 0 Å². The van der Waals surface area contributed by atoms with Crippen LogP contribution < -0.4 is 10.6 Å². The zero-order valence-electron chi connectivity index (χ0n) is 13.1. The van der Waals surface area contributed by atoms with Crippen LogP contribution in [0.1, 0.15) is 31.0 Å². The number of rotatable bonds is 5. The smallest absolute Gasteiger partial charge is 0.241 e. The monoisotopic (exact) mass is 316 g/mol. The molecule has 0 aliphatic rings. The highest BCUT2D eigenvalue weighted by atomic mass is 35.5. The minimum Gasteiger partial charge on any atom is -0.325 e. The number of carbonyl (C=O) groups is 1. The molecule has 3 nitrogen and oxygen atoms in total. The normalized spacial score (nSPS) is 13.5. The quantitative estimate of drug-likeness (QED) is 0.862. The third-order valence-electron chi connectivity index (χ3n) is 3.53. The molecule has 0 saturated carbocycles. The van der Waals surface area contributed by atoms with Crippen molar-refractivity contribution in [3.05, 3.63) is 64.7 Å². The van der Waals surface area contributed by atoms with Crippen LogP contribution in [-0.2, 0) is 4.79 Å². The van der Waals surface area contributed by atoms with Gasteiger partial charge in [-0.3, -0.25) is 10.1 Å². The largest absolute Gasteiger partial charge is 0.325 e. The second kappa shape index (κ2) is 7.43. The van der Waals surface area contributed by atoms with E-state index in [-0.39, 0.29) is 18.0 Å². The lowest BCUT2D eigenvalue weighted by atomic mass is 10.1. The van der Waals surface area contributed by atoms with Gasteiger partial charge in [0.1, 0.15) is 0 Å². The third-order valence-corrected chi connectivity index (χ3v) is 3.76. The van der Waals surface area contributed by atoms with Crippen LogP contribution in [0.3, 0.4) is 0 Å². The number of aryl methyl sites for hydroxylation is 1. The molecule has 2 rings (SSSR count). The van der Waals surface area contributed by atoms with Crippen LogP contribution >= 0.6 is 11.6 Å². The highest BCUT2D eigenvalue weighted by molar-refractivity contribution is 6.30. The van der Waals surface area contributed by atoms with Gasteiger partial charge < -0.3 is 5.32 Å². The van der Waals surface area contributed by atoms with E-state index in [0.29, 0.717) is 5.02 Å². The fourth-order valence-corrected chi connectivity index (χ4v) is 2.49. The van der Waals surface area contributed by atoms with Crippen LogP contribution in [0.2, 0.25) is 5.02 Å². The topological polar surface area (TPSA) is 41.1 Å². The van der Waals surface area contributed by atoms with Crippen molar-refractivity contribution < 1.29 is 4.79 Å². The standard InChI is InChI=1S/C18H21ClN2O/c1-12-6-4-9-17(10-12)21-18(22)14(3)20-13(2)15-7-5-8-16(19)11-15/h4-11,13-14,20H,1-3H3,(H,21,22)/t13-,14-/m0/s1. The number of hydrogen-bond donors (Lipinski definition) is 2. The maximum Gasteiger partial charge on any atom is 0.241 e. The summed E-state index contributed by atoms with van der Waals surface area (Å²) < 4.78 is 0. The first-order chi connectivity index (χ1) is 10.5. The van der Waals surface area contributed by atoms with Gasteiger partial charge in [0.05, 0.1) is 6.04 Å². The van der Waals surface area contributed by atoms with Gasteiger partial charge in [0.15, 0.2) is 0 Å². The zero-order chi connectivity index (χ0) is 16.1. The van der Waals surface area contributed by atoms with Crippen molar-refractivity contribution in [2.45, 2.75) is 32.9 Å². The van der Waals surface area contributed by atoms with Gasteiger partial charge in [-0.2, -0.15) is 0 Å². The number of carbonyl (C=O) groups excluding carboxylic acids is 1. The van der Waals surface area contributed by atoms with E-state index in [1.165, 1.54) is 0 Å². The zero-order valence-corrected chi connectivity index (χ0v) is 13.8. The van der Waals surface area contributed by atoms with E-state index in [0.717, 1.165) is 16.8 Å². The second-order valence-electron chi connectivity index (χ2n) is 5.52. The van der Waals surface area contributed by atoms with Crippen LogP contribution in [-0.4, -0.2) is 11.9 Å². The highest BCUT2D eigenvalue weighted by Crippen LogP contribution is 2.18. The maximum absolute atomic E-state index is 12.3. The molecule has 0 bridgehead atoms. The summed E-state index contributed by atoms with van der Waals surface area (Å²) in [6, 6.07) is 15.1. The minimum absolute atomic E-state index is 0.0389. The van der Waals surface area contributed by atoms with Crippen molar-refractivity contribution in [3.63, 3.8) is 0 Å². The van der Waals surface area contributed by atoms with Gasteiger partial charge in [0.25, 0.3) is 0 Å². The molecule has 2 aromatic rings. The van der Waals surface area contributed by atoms with Crippen LogP contribution in [0.4, 0.5) is 5.69 Å². The van der Waals surface area contributed by atoms with Crippen LogP contribution in [0.25, 0.3) is 0 Å². The Morgan fingerprint density at radius 3 is 2.50 bits per heavy atom. The highest BCUT2D eigenvalue weighted by Gasteiger charge is 2.16. The minimum atomic E-state index is -0.311. The Bertz CT molecular complexity index is 657. The lowest BCUT2D eigenvalue weighted by Crippen LogP contribution is -2.39. The molecule has 0 unspecified atom stereocenters. The predicted molar refractivity (Wildman–Crippen MR) is 92.3 cm³/mol. The van der Waals surface area contributed by atoms with E-state index >= 15 is 0 Å². The lowest BCUT2D eigenvalue weighted by molar-refractivity contribution is -0.117.